The summed E-state index contributed by atoms with van der Waals surface area (Å²) in [4.78, 5) is 18.6. The first-order valence-corrected chi connectivity index (χ1v) is 10.2. The van der Waals surface area contributed by atoms with Crippen molar-refractivity contribution >= 4 is 23.3 Å². The fourth-order valence-corrected chi connectivity index (χ4v) is 4.50. The summed E-state index contributed by atoms with van der Waals surface area (Å²) in [6.45, 7) is 4.50. The maximum atomic E-state index is 4.95. The van der Waals surface area contributed by atoms with Gasteiger partial charge < -0.3 is 9.80 Å². The van der Waals surface area contributed by atoms with Crippen LogP contribution in [0.2, 0.25) is 0 Å². The minimum Gasteiger partial charge on any atom is -0.307 e. The van der Waals surface area contributed by atoms with Gasteiger partial charge in [-0.05, 0) is 62.8 Å². The van der Waals surface area contributed by atoms with Crippen molar-refractivity contribution in [3.8, 4) is 0 Å². The van der Waals surface area contributed by atoms with Gasteiger partial charge in [0.1, 0.15) is 6.33 Å². The summed E-state index contributed by atoms with van der Waals surface area (Å²) >= 11 is 0. The Balaban J connectivity index is 1.58. The molecule has 0 fully saturated rings. The summed E-state index contributed by atoms with van der Waals surface area (Å²) in [5.74, 6) is 1.47. The molecule has 2 aliphatic heterocycles. The quantitative estimate of drug-likeness (QED) is 0.646. The normalized spacial score (nSPS) is 21.2. The van der Waals surface area contributed by atoms with E-state index in [1.807, 2.05) is 0 Å². The van der Waals surface area contributed by atoms with Gasteiger partial charge in [-0.2, -0.15) is 4.98 Å². The van der Waals surface area contributed by atoms with Crippen molar-refractivity contribution in [1.29, 1.82) is 0 Å². The lowest BCUT2D eigenvalue weighted by Gasteiger charge is -2.37. The van der Waals surface area contributed by atoms with E-state index in [9.17, 15) is 0 Å². The molecule has 0 bridgehead atoms. The first kappa shape index (κ1) is 17.2. The number of benzene rings is 2. The van der Waals surface area contributed by atoms with Crippen molar-refractivity contribution in [2.24, 2.45) is 0 Å². The van der Waals surface area contributed by atoms with E-state index in [1.54, 1.807) is 6.33 Å². The molecule has 5 nitrogen and oxygen atoms in total. The number of fused-ring (bicyclic) bond motifs is 2. The molecule has 0 aliphatic carbocycles. The van der Waals surface area contributed by atoms with Gasteiger partial charge in [0.25, 0.3) is 0 Å². The Morgan fingerprint density at radius 1 is 0.714 bits per heavy atom. The van der Waals surface area contributed by atoms with E-state index in [0.29, 0.717) is 12.1 Å². The van der Waals surface area contributed by atoms with Gasteiger partial charge in [0, 0.05) is 23.5 Å². The third-order valence-electron chi connectivity index (χ3n) is 6.02. The van der Waals surface area contributed by atoms with Gasteiger partial charge >= 0.3 is 0 Å². The lowest BCUT2D eigenvalue weighted by Crippen LogP contribution is -2.37. The van der Waals surface area contributed by atoms with E-state index in [2.05, 4.69) is 82.1 Å². The Kier molecular flexibility index (Phi) is 4.23. The lowest BCUT2D eigenvalue weighted by molar-refractivity contribution is 0.594. The van der Waals surface area contributed by atoms with Gasteiger partial charge in [-0.1, -0.05) is 36.4 Å². The zero-order chi connectivity index (χ0) is 19.1. The molecule has 0 radical (unpaired) electrons. The molecule has 5 heteroatoms. The van der Waals surface area contributed by atoms with Crippen molar-refractivity contribution < 1.29 is 0 Å². The Bertz CT molecular complexity index is 925. The molecule has 2 unspecified atom stereocenters. The molecule has 2 aliphatic rings. The SMILES string of the molecule is CC1CCc2ccccc2N1c1ncnc(N2c3ccccc3CCC2C)n1. The fraction of sp³-hybridized carbons (Fsp3) is 0.348. The first-order valence-electron chi connectivity index (χ1n) is 10.2. The molecule has 0 amide bonds. The molecule has 5 rings (SSSR count). The Hall–Kier alpha value is -2.95. The van der Waals surface area contributed by atoms with Crippen LogP contribution >= 0.6 is 0 Å². The number of aryl methyl sites for hydroxylation is 2. The topological polar surface area (TPSA) is 45.2 Å². The second kappa shape index (κ2) is 6.89. The van der Waals surface area contributed by atoms with E-state index < -0.39 is 0 Å². The molecular formula is C23H25N5. The van der Waals surface area contributed by atoms with Crippen molar-refractivity contribution in [2.45, 2.75) is 51.6 Å². The zero-order valence-corrected chi connectivity index (χ0v) is 16.4. The predicted molar refractivity (Wildman–Crippen MR) is 113 cm³/mol. The number of hydrogen-bond donors (Lipinski definition) is 0. The molecule has 2 aromatic carbocycles. The molecular weight excluding hydrogens is 346 g/mol. The minimum absolute atomic E-state index is 0.358. The molecule has 142 valence electrons. The van der Waals surface area contributed by atoms with Gasteiger partial charge in [0.15, 0.2) is 0 Å². The average Bonchev–Trinajstić information content (AvgIpc) is 2.73. The smallest absolute Gasteiger partial charge is 0.234 e. The second-order valence-electron chi connectivity index (χ2n) is 7.86. The fourth-order valence-electron chi connectivity index (χ4n) is 4.50. The average molecular weight is 371 g/mol. The predicted octanol–water partition coefficient (Wildman–Crippen LogP) is 4.82. The van der Waals surface area contributed by atoms with Crippen LogP contribution in [0.5, 0.6) is 0 Å². The Labute approximate surface area is 166 Å². The van der Waals surface area contributed by atoms with Crippen molar-refractivity contribution in [3.63, 3.8) is 0 Å². The van der Waals surface area contributed by atoms with E-state index in [0.717, 1.165) is 37.6 Å². The van der Waals surface area contributed by atoms with Crippen molar-refractivity contribution in [2.75, 3.05) is 9.80 Å². The molecule has 0 N–H and O–H groups in total. The molecule has 2 atom stereocenters. The van der Waals surface area contributed by atoms with Crippen LogP contribution in [-0.2, 0) is 12.8 Å². The molecule has 0 saturated heterocycles. The van der Waals surface area contributed by atoms with Crippen LogP contribution in [0.3, 0.4) is 0 Å². The summed E-state index contributed by atoms with van der Waals surface area (Å²) < 4.78 is 0. The summed E-state index contributed by atoms with van der Waals surface area (Å²) in [6, 6.07) is 17.9. The van der Waals surface area contributed by atoms with Crippen LogP contribution in [0.4, 0.5) is 23.3 Å². The van der Waals surface area contributed by atoms with Crippen LogP contribution in [0, 0.1) is 0 Å². The first-order chi connectivity index (χ1) is 13.7. The highest BCUT2D eigenvalue weighted by atomic mass is 15.4. The number of aromatic nitrogens is 3. The third kappa shape index (κ3) is 2.82. The summed E-state index contributed by atoms with van der Waals surface area (Å²) in [5.41, 5.74) is 5.15. The molecule has 3 heterocycles. The minimum atomic E-state index is 0.358. The molecule has 0 saturated carbocycles. The van der Waals surface area contributed by atoms with Crippen LogP contribution in [0.15, 0.2) is 54.9 Å². The number of hydrogen-bond acceptors (Lipinski definition) is 5. The number of para-hydroxylation sites is 2. The summed E-state index contributed by atoms with van der Waals surface area (Å²) in [6.07, 6.45) is 6.05. The van der Waals surface area contributed by atoms with Gasteiger partial charge in [-0.3, -0.25) is 0 Å². The Morgan fingerprint density at radius 2 is 1.18 bits per heavy atom. The van der Waals surface area contributed by atoms with E-state index in [-0.39, 0.29) is 0 Å². The summed E-state index contributed by atoms with van der Waals surface area (Å²) in [5, 5.41) is 0. The van der Waals surface area contributed by atoms with Crippen LogP contribution in [0.25, 0.3) is 0 Å². The van der Waals surface area contributed by atoms with Crippen molar-refractivity contribution in [3.05, 3.63) is 66.0 Å². The Morgan fingerprint density at radius 3 is 1.68 bits per heavy atom. The number of rotatable bonds is 2. The van der Waals surface area contributed by atoms with Gasteiger partial charge in [0.05, 0.1) is 0 Å². The van der Waals surface area contributed by atoms with Gasteiger partial charge in [0.2, 0.25) is 11.9 Å². The highest BCUT2D eigenvalue weighted by Gasteiger charge is 2.29. The number of nitrogens with zero attached hydrogens (tertiary/aromatic N) is 5. The highest BCUT2D eigenvalue weighted by Crippen LogP contribution is 2.38. The van der Waals surface area contributed by atoms with Crippen molar-refractivity contribution in [1.82, 2.24) is 15.0 Å². The number of anilines is 4. The largest absolute Gasteiger partial charge is 0.307 e. The van der Waals surface area contributed by atoms with Crippen LogP contribution in [0.1, 0.15) is 37.8 Å². The molecule has 0 spiro atoms. The van der Waals surface area contributed by atoms with E-state index >= 15 is 0 Å². The summed E-state index contributed by atoms with van der Waals surface area (Å²) in [7, 11) is 0. The van der Waals surface area contributed by atoms with E-state index in [4.69, 9.17) is 4.98 Å². The van der Waals surface area contributed by atoms with Crippen LogP contribution < -0.4 is 9.80 Å². The molecule has 3 aromatic rings. The van der Waals surface area contributed by atoms with Gasteiger partial charge in [-0.15, -0.1) is 0 Å². The maximum Gasteiger partial charge on any atom is 0.234 e. The van der Waals surface area contributed by atoms with Crippen LogP contribution in [-0.4, -0.2) is 27.0 Å². The monoisotopic (exact) mass is 371 g/mol. The second-order valence-corrected chi connectivity index (χ2v) is 7.86. The lowest BCUT2D eigenvalue weighted by atomic mass is 9.97. The van der Waals surface area contributed by atoms with Gasteiger partial charge in [-0.25, -0.2) is 9.97 Å². The zero-order valence-electron chi connectivity index (χ0n) is 16.4. The third-order valence-corrected chi connectivity index (χ3v) is 6.02. The molecule has 28 heavy (non-hydrogen) atoms. The molecule has 1 aromatic heterocycles. The van der Waals surface area contributed by atoms with E-state index in [1.165, 1.54) is 22.5 Å². The maximum absolute atomic E-state index is 4.95. The highest BCUT2D eigenvalue weighted by molar-refractivity contribution is 5.67. The standard InChI is InChI=1S/C23H25N5/c1-16-11-13-18-7-3-5-9-20(18)27(16)22-24-15-25-23(26-22)28-17(2)12-14-19-8-4-6-10-21(19)28/h3-10,15-17H,11-14H2,1-2H3.